The van der Waals surface area contributed by atoms with Crippen LogP contribution < -0.4 is 15.5 Å². The van der Waals surface area contributed by atoms with Crippen LogP contribution in [0.1, 0.15) is 24.6 Å². The zero-order chi connectivity index (χ0) is 26.9. The zero-order valence-electron chi connectivity index (χ0n) is 21.9. The van der Waals surface area contributed by atoms with E-state index in [0.717, 1.165) is 44.2 Å². The molecule has 1 aromatic carbocycles. The van der Waals surface area contributed by atoms with Crippen molar-refractivity contribution >= 4 is 45.0 Å². The molecule has 0 amide bonds. The third-order valence-electron chi connectivity index (χ3n) is 7.06. The van der Waals surface area contributed by atoms with E-state index in [4.69, 9.17) is 16.6 Å². The average molecular weight is 560 g/mol. The summed E-state index contributed by atoms with van der Waals surface area (Å²) in [4.78, 5) is 14.5. The molecule has 11 nitrogen and oxygen atoms in total. The number of aromatic nitrogens is 4. The molecule has 0 bridgehead atoms. The number of nitrogens with one attached hydrogen (secondary N) is 3. The van der Waals surface area contributed by atoms with Crippen molar-refractivity contribution in [1.29, 1.82) is 0 Å². The van der Waals surface area contributed by atoms with Gasteiger partial charge in [-0.05, 0) is 50.6 Å². The van der Waals surface area contributed by atoms with E-state index < -0.39 is 10.0 Å². The zero-order valence-corrected chi connectivity index (χ0v) is 23.5. The second-order valence-electron chi connectivity index (χ2n) is 9.82. The highest BCUT2D eigenvalue weighted by Gasteiger charge is 2.34. The number of hydrogen-bond acceptors (Lipinski definition) is 9. The van der Waals surface area contributed by atoms with Gasteiger partial charge >= 0.3 is 0 Å². The number of piperazine rings is 1. The normalized spacial score (nSPS) is 19.2. The molecule has 0 spiro atoms. The fourth-order valence-corrected chi connectivity index (χ4v) is 6.85. The Balaban J connectivity index is 1.34. The fraction of sp³-hybridized carbons (Fsp3) is 0.480. The number of sulfonamides is 1. The molecule has 204 valence electrons. The molecular formula is C25H34ClN9O2S. The molecule has 1 atom stereocenters. The van der Waals surface area contributed by atoms with Gasteiger partial charge in [-0.2, -0.15) is 19.4 Å². The molecule has 0 saturated carbocycles. The molecule has 3 N–H and O–H groups in total. The van der Waals surface area contributed by atoms with E-state index in [9.17, 15) is 8.42 Å². The van der Waals surface area contributed by atoms with Crippen molar-refractivity contribution in [3.05, 3.63) is 46.6 Å². The minimum Gasteiger partial charge on any atom is -0.354 e. The highest BCUT2D eigenvalue weighted by Crippen LogP contribution is 2.28. The predicted octanol–water partition coefficient (Wildman–Crippen LogP) is 3.23. The van der Waals surface area contributed by atoms with E-state index >= 15 is 0 Å². The molecule has 0 radical (unpaired) electrons. The number of rotatable bonds is 8. The Kier molecular flexibility index (Phi) is 7.75. The van der Waals surface area contributed by atoms with Crippen LogP contribution in [-0.2, 0) is 10.0 Å². The third kappa shape index (κ3) is 5.88. The first-order valence-corrected chi connectivity index (χ1v) is 14.7. The number of likely N-dealkylation sites (N-methyl/N-ethyl adjacent to an activating group) is 1. The number of H-pyrrole nitrogens is 1. The summed E-state index contributed by atoms with van der Waals surface area (Å²) in [7, 11) is -3.63. The van der Waals surface area contributed by atoms with Crippen LogP contribution in [0.5, 0.6) is 0 Å². The Labute approximate surface area is 228 Å². The van der Waals surface area contributed by atoms with Crippen LogP contribution in [0.15, 0.2) is 35.2 Å². The summed E-state index contributed by atoms with van der Waals surface area (Å²) < 4.78 is 28.2. The van der Waals surface area contributed by atoms with Gasteiger partial charge in [-0.15, -0.1) is 0 Å². The summed E-state index contributed by atoms with van der Waals surface area (Å²) in [6, 6.07) is 8.59. The highest BCUT2D eigenvalue weighted by atomic mass is 35.5. The van der Waals surface area contributed by atoms with Crippen LogP contribution in [-0.4, -0.2) is 89.6 Å². The summed E-state index contributed by atoms with van der Waals surface area (Å²) >= 11 is 6.04. The van der Waals surface area contributed by atoms with Gasteiger partial charge in [0.2, 0.25) is 16.0 Å². The van der Waals surface area contributed by atoms with E-state index in [2.05, 4.69) is 42.5 Å². The van der Waals surface area contributed by atoms with Crippen molar-refractivity contribution in [2.45, 2.75) is 38.1 Å². The van der Waals surface area contributed by atoms with E-state index in [1.165, 1.54) is 4.31 Å². The maximum Gasteiger partial charge on any atom is 0.243 e. The molecule has 4 heterocycles. The number of benzene rings is 1. The van der Waals surface area contributed by atoms with Crippen LogP contribution in [0.25, 0.3) is 0 Å². The second-order valence-corrected chi connectivity index (χ2v) is 12.2. The van der Waals surface area contributed by atoms with Crippen LogP contribution in [0, 0.1) is 13.8 Å². The van der Waals surface area contributed by atoms with Gasteiger partial charge in [0.25, 0.3) is 0 Å². The maximum atomic E-state index is 13.3. The fourth-order valence-electron chi connectivity index (χ4n) is 4.92. The number of nitrogens with zero attached hydrogens (tertiary/aromatic N) is 6. The van der Waals surface area contributed by atoms with Crippen LogP contribution >= 0.6 is 11.6 Å². The number of aryl methyl sites for hydroxylation is 2. The molecule has 0 unspecified atom stereocenters. The molecule has 13 heteroatoms. The molecule has 0 aliphatic carbocycles. The maximum absolute atomic E-state index is 13.3. The second kappa shape index (κ2) is 11.0. The molecule has 2 aromatic heterocycles. The first-order valence-electron chi connectivity index (χ1n) is 12.9. The Morgan fingerprint density at radius 1 is 1.05 bits per heavy atom. The topological polar surface area (TPSA) is 122 Å². The number of aromatic amines is 1. The predicted molar refractivity (Wildman–Crippen MR) is 150 cm³/mol. The SMILES string of the molecule is CCN1CCN(c2cc(Nc3cc(C)[nH]n3)nc(N[C@H]3CCN(S(=O)(=O)c4ccc(Cl)cc4C)C3)n2)CC1. The molecule has 2 aliphatic rings. The molecule has 38 heavy (non-hydrogen) atoms. The van der Waals surface area contributed by atoms with Crippen molar-refractivity contribution in [2.24, 2.45) is 0 Å². The first kappa shape index (κ1) is 26.7. The lowest BCUT2D eigenvalue weighted by atomic mass is 10.2. The van der Waals surface area contributed by atoms with Gasteiger partial charge in [0.05, 0.1) is 4.90 Å². The van der Waals surface area contributed by atoms with Gasteiger partial charge in [-0.25, -0.2) is 8.42 Å². The van der Waals surface area contributed by atoms with Crippen molar-refractivity contribution < 1.29 is 8.42 Å². The van der Waals surface area contributed by atoms with Crippen molar-refractivity contribution in [3.63, 3.8) is 0 Å². The van der Waals surface area contributed by atoms with Crippen molar-refractivity contribution in [3.8, 4) is 0 Å². The van der Waals surface area contributed by atoms with E-state index in [1.807, 2.05) is 19.1 Å². The number of anilines is 4. The smallest absolute Gasteiger partial charge is 0.243 e. The minimum absolute atomic E-state index is 0.120. The summed E-state index contributed by atoms with van der Waals surface area (Å²) in [6.07, 6.45) is 0.649. The van der Waals surface area contributed by atoms with Gasteiger partial charge in [0.15, 0.2) is 5.82 Å². The summed E-state index contributed by atoms with van der Waals surface area (Å²) in [5.41, 5.74) is 1.58. The van der Waals surface area contributed by atoms with Crippen LogP contribution in [0.4, 0.5) is 23.4 Å². The van der Waals surface area contributed by atoms with Crippen LogP contribution in [0.2, 0.25) is 5.02 Å². The third-order valence-corrected chi connectivity index (χ3v) is 9.32. The Hall–Kier alpha value is -2.93. The minimum atomic E-state index is -3.63. The van der Waals surface area contributed by atoms with E-state index in [0.29, 0.717) is 47.7 Å². The molecule has 2 fully saturated rings. The van der Waals surface area contributed by atoms with Crippen molar-refractivity contribution in [2.75, 3.05) is 61.3 Å². The van der Waals surface area contributed by atoms with Crippen molar-refractivity contribution in [1.82, 2.24) is 29.4 Å². The molecule has 5 rings (SSSR count). The summed E-state index contributed by atoms with van der Waals surface area (Å²) in [5, 5.41) is 14.4. The van der Waals surface area contributed by atoms with Gasteiger partial charge in [-0.3, -0.25) is 5.10 Å². The molecule has 2 saturated heterocycles. The Morgan fingerprint density at radius 3 is 2.53 bits per heavy atom. The lowest BCUT2D eigenvalue weighted by Crippen LogP contribution is -2.46. The highest BCUT2D eigenvalue weighted by molar-refractivity contribution is 7.89. The van der Waals surface area contributed by atoms with Crippen LogP contribution in [0.3, 0.4) is 0 Å². The first-order chi connectivity index (χ1) is 18.2. The monoisotopic (exact) mass is 559 g/mol. The number of hydrogen-bond donors (Lipinski definition) is 3. The van der Waals surface area contributed by atoms with Gasteiger partial charge in [0, 0.05) is 68.2 Å². The van der Waals surface area contributed by atoms with E-state index in [1.54, 1.807) is 25.1 Å². The lowest BCUT2D eigenvalue weighted by molar-refractivity contribution is 0.270. The summed E-state index contributed by atoms with van der Waals surface area (Å²) in [6.45, 7) is 11.4. The largest absolute Gasteiger partial charge is 0.354 e. The quantitative estimate of drug-likeness (QED) is 0.382. The van der Waals surface area contributed by atoms with Gasteiger partial charge in [-0.1, -0.05) is 18.5 Å². The molecule has 2 aliphatic heterocycles. The van der Waals surface area contributed by atoms with E-state index in [-0.39, 0.29) is 10.9 Å². The summed E-state index contributed by atoms with van der Waals surface area (Å²) in [5.74, 6) is 2.58. The van der Waals surface area contributed by atoms with Gasteiger partial charge < -0.3 is 20.4 Å². The Morgan fingerprint density at radius 2 is 1.84 bits per heavy atom. The average Bonchev–Trinajstić information content (AvgIpc) is 3.53. The van der Waals surface area contributed by atoms with Gasteiger partial charge in [0.1, 0.15) is 11.6 Å². The lowest BCUT2D eigenvalue weighted by Gasteiger charge is -2.35. The molecular weight excluding hydrogens is 526 g/mol. The number of halogens is 1. The molecule has 3 aromatic rings. The standard InChI is InChI=1S/C25H34ClN9O2S/c1-4-33-9-11-34(12-10-33)24-15-22(28-23-14-18(3)31-32-23)29-25(30-24)27-20-7-8-35(16-20)38(36,37)21-6-5-19(26)13-17(21)2/h5-6,13-15,20H,4,7-12,16H2,1-3H3,(H3,27,28,29,30,31,32)/t20-/m0/s1. The Bertz CT molecular complexity index is 1390.